The number of rotatable bonds is 2. The fraction of sp³-hybridized carbons (Fsp3) is 0.0526. The van der Waals surface area contributed by atoms with Crippen LogP contribution < -0.4 is 0 Å². The van der Waals surface area contributed by atoms with Gasteiger partial charge in [-0.05, 0) is 46.4 Å². The van der Waals surface area contributed by atoms with E-state index in [1.807, 2.05) is 54.4 Å². The second-order valence-electron chi connectivity index (χ2n) is 5.11. The lowest BCUT2D eigenvalue weighted by atomic mass is 9.95. The van der Waals surface area contributed by atoms with Crippen molar-refractivity contribution in [3.8, 4) is 0 Å². The number of hydrogen-bond donors (Lipinski definition) is 0. The van der Waals surface area contributed by atoms with E-state index in [0.717, 1.165) is 26.1 Å². The summed E-state index contributed by atoms with van der Waals surface area (Å²) in [5.74, 6) is -0.226. The molecule has 0 spiro atoms. The predicted octanol–water partition coefficient (Wildman–Crippen LogP) is 5.47. The molecule has 0 amide bonds. The maximum Gasteiger partial charge on any atom is 0.132 e. The molecule has 1 nitrogen and oxygen atoms in total. The molecule has 0 aliphatic carbocycles. The highest BCUT2D eigenvalue weighted by atomic mass is 127. The zero-order chi connectivity index (χ0) is 15.7. The molecule has 3 rings (SSSR count). The number of nitrogens with zero attached hydrogens (tertiary/aromatic N) is 1. The first-order valence-electron chi connectivity index (χ1n) is 6.94. The molecule has 110 valence electrons. The molecule has 0 atom stereocenters. The van der Waals surface area contributed by atoms with Gasteiger partial charge in [0, 0.05) is 27.5 Å². The molecule has 0 fully saturated rings. The highest BCUT2D eigenvalue weighted by molar-refractivity contribution is 14.1. The molecule has 0 bridgehead atoms. The Labute approximate surface area is 143 Å². The van der Waals surface area contributed by atoms with E-state index in [9.17, 15) is 4.39 Å². The minimum Gasteiger partial charge on any atom is -0.343 e. The van der Waals surface area contributed by atoms with Crippen molar-refractivity contribution < 1.29 is 4.39 Å². The van der Waals surface area contributed by atoms with Gasteiger partial charge in [0.05, 0.1) is 5.70 Å². The Hall–Kier alpha value is -1.88. The van der Waals surface area contributed by atoms with E-state index in [-0.39, 0.29) is 5.82 Å². The van der Waals surface area contributed by atoms with Crippen LogP contribution in [0, 0.1) is 5.82 Å². The summed E-state index contributed by atoms with van der Waals surface area (Å²) >= 11 is 2.27. The van der Waals surface area contributed by atoms with Crippen molar-refractivity contribution in [3.63, 3.8) is 0 Å². The Balaban J connectivity index is 2.31. The molecule has 22 heavy (non-hydrogen) atoms. The van der Waals surface area contributed by atoms with Crippen LogP contribution in [0.3, 0.4) is 0 Å². The quantitative estimate of drug-likeness (QED) is 0.601. The van der Waals surface area contributed by atoms with Gasteiger partial charge < -0.3 is 4.90 Å². The molecule has 0 N–H and O–H groups in total. The van der Waals surface area contributed by atoms with E-state index in [1.54, 1.807) is 6.07 Å². The van der Waals surface area contributed by atoms with Gasteiger partial charge in [0.25, 0.3) is 0 Å². The molecule has 1 aliphatic heterocycles. The highest BCUT2D eigenvalue weighted by Gasteiger charge is 2.24. The zero-order valence-corrected chi connectivity index (χ0v) is 14.3. The van der Waals surface area contributed by atoms with Crippen LogP contribution in [-0.4, -0.2) is 11.9 Å². The summed E-state index contributed by atoms with van der Waals surface area (Å²) in [6.07, 6.45) is 2.07. The van der Waals surface area contributed by atoms with Crippen LogP contribution in [0.1, 0.15) is 11.1 Å². The fourth-order valence-electron chi connectivity index (χ4n) is 2.57. The topological polar surface area (TPSA) is 3.24 Å². The SMILES string of the molecule is C=C1C(I)=CC(c2ccccc2)=C(c2ccccc2F)N1C. The number of hydrogen-bond acceptors (Lipinski definition) is 1. The molecule has 3 heteroatoms. The maximum absolute atomic E-state index is 14.3. The summed E-state index contributed by atoms with van der Waals surface area (Å²) < 4.78 is 15.4. The smallest absolute Gasteiger partial charge is 0.132 e. The van der Waals surface area contributed by atoms with Gasteiger partial charge in [-0.1, -0.05) is 49.0 Å². The number of benzene rings is 2. The van der Waals surface area contributed by atoms with Crippen molar-refractivity contribution in [3.05, 3.63) is 93.5 Å². The number of likely N-dealkylation sites (N-methyl/N-ethyl adjacent to an activating group) is 1. The molecule has 0 unspecified atom stereocenters. The summed E-state index contributed by atoms with van der Waals surface area (Å²) in [6, 6.07) is 16.9. The Kier molecular flexibility index (Phi) is 4.16. The lowest BCUT2D eigenvalue weighted by Gasteiger charge is -2.31. The van der Waals surface area contributed by atoms with Gasteiger partial charge in [-0.3, -0.25) is 0 Å². The van der Waals surface area contributed by atoms with Gasteiger partial charge in [0.2, 0.25) is 0 Å². The van der Waals surface area contributed by atoms with Crippen LogP contribution in [0.25, 0.3) is 11.3 Å². The molecule has 1 heterocycles. The van der Waals surface area contributed by atoms with E-state index >= 15 is 0 Å². The van der Waals surface area contributed by atoms with Gasteiger partial charge in [-0.2, -0.15) is 0 Å². The summed E-state index contributed by atoms with van der Waals surface area (Å²) in [4.78, 5) is 1.96. The van der Waals surface area contributed by atoms with Crippen molar-refractivity contribution in [2.75, 3.05) is 7.05 Å². The van der Waals surface area contributed by atoms with Gasteiger partial charge in [0.15, 0.2) is 0 Å². The Bertz CT molecular complexity index is 790. The van der Waals surface area contributed by atoms with E-state index in [2.05, 4.69) is 35.2 Å². The Morgan fingerprint density at radius 2 is 1.64 bits per heavy atom. The Morgan fingerprint density at radius 3 is 2.32 bits per heavy atom. The van der Waals surface area contributed by atoms with E-state index in [1.165, 1.54) is 6.07 Å². The van der Waals surface area contributed by atoms with Crippen LogP contribution in [-0.2, 0) is 0 Å². The van der Waals surface area contributed by atoms with Gasteiger partial charge >= 0.3 is 0 Å². The van der Waals surface area contributed by atoms with Gasteiger partial charge in [-0.15, -0.1) is 0 Å². The molecule has 1 aliphatic rings. The predicted molar refractivity (Wildman–Crippen MR) is 98.7 cm³/mol. The minimum atomic E-state index is -0.226. The van der Waals surface area contributed by atoms with Crippen molar-refractivity contribution in [2.45, 2.75) is 0 Å². The van der Waals surface area contributed by atoms with Crippen LogP contribution in [0.2, 0.25) is 0 Å². The van der Waals surface area contributed by atoms with Crippen molar-refractivity contribution in [1.29, 1.82) is 0 Å². The largest absolute Gasteiger partial charge is 0.343 e. The summed E-state index contributed by atoms with van der Waals surface area (Å²) in [5.41, 5.74) is 4.37. The lowest BCUT2D eigenvalue weighted by molar-refractivity contribution is 0.588. The normalized spacial score (nSPS) is 15.1. The number of halogens is 2. The summed E-state index contributed by atoms with van der Waals surface area (Å²) in [6.45, 7) is 4.10. The molecule has 0 saturated heterocycles. The van der Waals surface area contributed by atoms with Crippen LogP contribution in [0.15, 0.2) is 76.5 Å². The van der Waals surface area contributed by atoms with Crippen LogP contribution in [0.4, 0.5) is 4.39 Å². The first kappa shape index (κ1) is 15.0. The average Bonchev–Trinajstić information content (AvgIpc) is 2.54. The van der Waals surface area contributed by atoms with Gasteiger partial charge in [0.1, 0.15) is 5.82 Å². The standard InChI is InChI=1S/C19H15FIN/c1-13-18(21)12-16(14-8-4-3-5-9-14)19(22(13)2)15-10-6-7-11-17(15)20/h3-12H,1H2,2H3. The van der Waals surface area contributed by atoms with Crippen LogP contribution in [0.5, 0.6) is 0 Å². The van der Waals surface area contributed by atoms with E-state index in [0.29, 0.717) is 5.56 Å². The third-order valence-electron chi connectivity index (χ3n) is 3.76. The van der Waals surface area contributed by atoms with Crippen molar-refractivity contribution in [1.82, 2.24) is 4.90 Å². The van der Waals surface area contributed by atoms with E-state index < -0.39 is 0 Å². The monoisotopic (exact) mass is 403 g/mol. The lowest BCUT2D eigenvalue weighted by Crippen LogP contribution is -2.20. The molecule has 2 aromatic carbocycles. The molecule has 0 aromatic heterocycles. The molecular weight excluding hydrogens is 388 g/mol. The van der Waals surface area contributed by atoms with Gasteiger partial charge in [-0.25, -0.2) is 4.39 Å². The molecule has 2 aromatic rings. The zero-order valence-electron chi connectivity index (χ0n) is 12.2. The molecule has 0 saturated carbocycles. The Morgan fingerprint density at radius 1 is 1.00 bits per heavy atom. The van der Waals surface area contributed by atoms with E-state index in [4.69, 9.17) is 0 Å². The minimum absolute atomic E-state index is 0.226. The highest BCUT2D eigenvalue weighted by Crippen LogP contribution is 2.40. The second-order valence-corrected chi connectivity index (χ2v) is 6.27. The average molecular weight is 403 g/mol. The number of allylic oxidation sites excluding steroid dienone is 3. The van der Waals surface area contributed by atoms with Crippen molar-refractivity contribution >= 4 is 33.9 Å². The molecule has 0 radical (unpaired) electrons. The second kappa shape index (κ2) is 6.08. The fourth-order valence-corrected chi connectivity index (χ4v) is 3.24. The van der Waals surface area contributed by atoms with Crippen molar-refractivity contribution in [2.24, 2.45) is 0 Å². The molecular formula is C19H15FIN. The first-order valence-corrected chi connectivity index (χ1v) is 8.02. The third kappa shape index (κ3) is 2.61. The maximum atomic E-state index is 14.3. The third-order valence-corrected chi connectivity index (χ3v) is 4.69. The summed E-state index contributed by atoms with van der Waals surface area (Å²) in [7, 11) is 1.93. The first-order chi connectivity index (χ1) is 10.6. The summed E-state index contributed by atoms with van der Waals surface area (Å²) in [5, 5.41) is 0. The van der Waals surface area contributed by atoms with Crippen LogP contribution >= 0.6 is 22.6 Å².